The minimum atomic E-state index is -0.440. The van der Waals surface area contributed by atoms with Gasteiger partial charge in [-0.3, -0.25) is 14.5 Å². The Bertz CT molecular complexity index is 785. The lowest BCUT2D eigenvalue weighted by Crippen LogP contribution is -2.46. The Morgan fingerprint density at radius 2 is 1.88 bits per heavy atom. The molecule has 3 N–H and O–H groups in total. The number of amides is 2. The zero-order valence-electron chi connectivity index (χ0n) is 20.4. The maximum atomic E-state index is 13.4. The van der Waals surface area contributed by atoms with E-state index in [9.17, 15) is 14.0 Å². The van der Waals surface area contributed by atoms with Gasteiger partial charge >= 0.3 is 0 Å². The molecule has 1 saturated heterocycles. The van der Waals surface area contributed by atoms with Crippen molar-refractivity contribution >= 4 is 11.8 Å². The summed E-state index contributed by atoms with van der Waals surface area (Å²) in [6.07, 6.45) is 5.17. The highest BCUT2D eigenvalue weighted by atomic mass is 19.1. The average Bonchev–Trinajstić information content (AvgIpc) is 3.24. The number of nitrogens with one attached hydrogen (secondary N) is 1. The van der Waals surface area contributed by atoms with Gasteiger partial charge in [0.05, 0.1) is 0 Å². The first-order valence-corrected chi connectivity index (χ1v) is 12.5. The van der Waals surface area contributed by atoms with Crippen molar-refractivity contribution < 1.29 is 14.0 Å². The first kappa shape index (κ1) is 25.6. The molecule has 0 aromatic heterocycles. The van der Waals surface area contributed by atoms with Crippen LogP contribution in [-0.4, -0.2) is 59.9 Å². The molecule has 2 fully saturated rings. The van der Waals surface area contributed by atoms with Gasteiger partial charge in [0.15, 0.2) is 0 Å². The molecule has 1 aliphatic heterocycles. The van der Waals surface area contributed by atoms with Crippen molar-refractivity contribution in [3.05, 3.63) is 35.6 Å². The monoisotopic (exact) mass is 460 g/mol. The van der Waals surface area contributed by atoms with Gasteiger partial charge in [0.25, 0.3) is 0 Å². The minimum Gasteiger partial charge on any atom is -0.354 e. The second-order valence-electron chi connectivity index (χ2n) is 10.4. The molecule has 2 amide bonds. The van der Waals surface area contributed by atoms with Crippen LogP contribution in [0, 0.1) is 23.6 Å². The lowest BCUT2D eigenvalue weighted by molar-refractivity contribution is -0.137. The van der Waals surface area contributed by atoms with Gasteiger partial charge in [-0.15, -0.1) is 0 Å². The predicted octanol–water partition coefficient (Wildman–Crippen LogP) is 3.15. The lowest BCUT2D eigenvalue weighted by atomic mass is 9.81. The first-order valence-electron chi connectivity index (χ1n) is 12.5. The van der Waals surface area contributed by atoms with Gasteiger partial charge in [0.1, 0.15) is 11.9 Å². The topological polar surface area (TPSA) is 78.7 Å². The number of rotatable bonds is 9. The summed E-state index contributed by atoms with van der Waals surface area (Å²) in [6.45, 7) is 9.32. The van der Waals surface area contributed by atoms with Gasteiger partial charge in [-0.25, -0.2) is 4.39 Å². The minimum absolute atomic E-state index is 0.0474. The summed E-state index contributed by atoms with van der Waals surface area (Å²) < 4.78 is 13.4. The van der Waals surface area contributed by atoms with Crippen LogP contribution in [0.5, 0.6) is 0 Å². The van der Waals surface area contributed by atoms with Crippen LogP contribution in [0.1, 0.15) is 58.4 Å². The van der Waals surface area contributed by atoms with E-state index in [1.165, 1.54) is 25.0 Å². The third-order valence-electron chi connectivity index (χ3n) is 7.19. The predicted molar refractivity (Wildman–Crippen MR) is 129 cm³/mol. The molecule has 1 aliphatic carbocycles. The van der Waals surface area contributed by atoms with Gasteiger partial charge < -0.3 is 16.0 Å². The number of benzene rings is 1. The molecular weight excluding hydrogens is 419 g/mol. The van der Waals surface area contributed by atoms with Gasteiger partial charge in [0.2, 0.25) is 11.8 Å². The number of halogens is 1. The number of carbonyl (C=O) groups is 2. The van der Waals surface area contributed by atoms with E-state index in [2.05, 4.69) is 24.1 Å². The van der Waals surface area contributed by atoms with Crippen LogP contribution in [0.3, 0.4) is 0 Å². The maximum absolute atomic E-state index is 13.4. The number of carbonyl (C=O) groups excluding carboxylic acids is 2. The Morgan fingerprint density at radius 3 is 2.52 bits per heavy atom. The quantitative estimate of drug-likeness (QED) is 0.593. The van der Waals surface area contributed by atoms with Crippen LogP contribution in [0.4, 0.5) is 4.39 Å². The molecule has 4 unspecified atom stereocenters. The normalized spacial score (nSPS) is 25.6. The summed E-state index contributed by atoms with van der Waals surface area (Å²) in [4.78, 5) is 29.6. The summed E-state index contributed by atoms with van der Waals surface area (Å²) in [7, 11) is 0. The molecular formula is C26H41FN4O2. The highest BCUT2D eigenvalue weighted by Gasteiger charge is 2.40. The molecule has 1 saturated carbocycles. The van der Waals surface area contributed by atoms with Crippen molar-refractivity contribution in [2.75, 3.05) is 26.2 Å². The van der Waals surface area contributed by atoms with Crippen LogP contribution in [0.15, 0.2) is 24.3 Å². The van der Waals surface area contributed by atoms with E-state index in [1.54, 1.807) is 11.8 Å². The van der Waals surface area contributed by atoms with Crippen LogP contribution in [0.25, 0.3) is 0 Å². The smallest absolute Gasteiger partial charge is 0.242 e. The Kier molecular flexibility index (Phi) is 9.27. The molecule has 7 heteroatoms. The molecule has 1 aromatic rings. The Hall–Kier alpha value is -1.99. The van der Waals surface area contributed by atoms with Crippen molar-refractivity contribution in [1.29, 1.82) is 0 Å². The highest BCUT2D eigenvalue weighted by Crippen LogP contribution is 2.29. The standard InChI is InChI=1S/C26H41FN4O2/c1-18(2)15-30(16-20-7-9-23(27)10-8-20)24-12-25(31(17-24)19(3)32)26(33)29-14-22-6-4-5-21(11-22)13-28/h7-10,18,21-22,24-25H,4-6,11-17,28H2,1-3H3,(H,29,33). The summed E-state index contributed by atoms with van der Waals surface area (Å²) in [5.41, 5.74) is 6.89. The summed E-state index contributed by atoms with van der Waals surface area (Å²) in [5, 5.41) is 3.15. The van der Waals surface area contributed by atoms with E-state index in [0.717, 1.165) is 24.9 Å². The highest BCUT2D eigenvalue weighted by molar-refractivity contribution is 5.87. The molecule has 0 radical (unpaired) electrons. The molecule has 2 aliphatic rings. The fourth-order valence-electron chi connectivity index (χ4n) is 5.48. The maximum Gasteiger partial charge on any atom is 0.242 e. The summed E-state index contributed by atoms with van der Waals surface area (Å²) >= 11 is 0. The largest absolute Gasteiger partial charge is 0.354 e. The van der Waals surface area contributed by atoms with Gasteiger partial charge in [-0.05, 0) is 67.7 Å². The van der Waals surface area contributed by atoms with Crippen LogP contribution in [0.2, 0.25) is 0 Å². The molecule has 4 atom stereocenters. The van der Waals surface area contributed by atoms with Crippen molar-refractivity contribution in [3.8, 4) is 0 Å². The third kappa shape index (κ3) is 7.24. The number of hydrogen-bond acceptors (Lipinski definition) is 4. The Labute approximate surface area is 198 Å². The van der Waals surface area contributed by atoms with Crippen molar-refractivity contribution in [2.45, 2.75) is 71.5 Å². The SMILES string of the molecule is CC(=O)N1CC(N(Cc2ccc(F)cc2)CC(C)C)CC1C(=O)NCC1CCCC(CN)C1. The van der Waals surface area contributed by atoms with Gasteiger partial charge in [-0.2, -0.15) is 0 Å². The zero-order valence-corrected chi connectivity index (χ0v) is 20.4. The van der Waals surface area contributed by atoms with E-state index in [0.29, 0.717) is 50.4 Å². The molecule has 3 rings (SSSR count). The number of hydrogen-bond donors (Lipinski definition) is 2. The first-order chi connectivity index (χ1) is 15.8. The molecule has 1 aromatic carbocycles. The van der Waals surface area contributed by atoms with Crippen LogP contribution >= 0.6 is 0 Å². The van der Waals surface area contributed by atoms with Crippen molar-refractivity contribution in [2.24, 2.45) is 23.5 Å². The average molecular weight is 461 g/mol. The van der Waals surface area contributed by atoms with Gasteiger partial charge in [-0.1, -0.05) is 32.4 Å². The second-order valence-corrected chi connectivity index (χ2v) is 10.4. The second kappa shape index (κ2) is 11.9. The van der Waals surface area contributed by atoms with E-state index in [4.69, 9.17) is 5.73 Å². The molecule has 6 nitrogen and oxygen atoms in total. The molecule has 0 bridgehead atoms. The number of nitrogens with two attached hydrogens (primary N) is 1. The van der Waals surface area contributed by atoms with Crippen LogP contribution < -0.4 is 11.1 Å². The molecule has 33 heavy (non-hydrogen) atoms. The number of nitrogens with zero attached hydrogens (tertiary/aromatic N) is 2. The Morgan fingerprint density at radius 1 is 1.18 bits per heavy atom. The fourth-order valence-corrected chi connectivity index (χ4v) is 5.48. The van der Waals surface area contributed by atoms with Crippen molar-refractivity contribution in [1.82, 2.24) is 15.1 Å². The fraction of sp³-hybridized carbons (Fsp3) is 0.692. The molecule has 0 spiro atoms. The van der Waals surface area contributed by atoms with E-state index < -0.39 is 6.04 Å². The Balaban J connectivity index is 1.65. The van der Waals surface area contributed by atoms with E-state index >= 15 is 0 Å². The summed E-state index contributed by atoms with van der Waals surface area (Å²) in [5.74, 6) is 1.10. The zero-order chi connectivity index (χ0) is 24.0. The van der Waals surface area contributed by atoms with Crippen molar-refractivity contribution in [3.63, 3.8) is 0 Å². The van der Waals surface area contributed by atoms with E-state index in [1.807, 2.05) is 12.1 Å². The molecule has 1 heterocycles. The van der Waals surface area contributed by atoms with Crippen LogP contribution in [-0.2, 0) is 16.1 Å². The lowest BCUT2D eigenvalue weighted by Gasteiger charge is -2.30. The third-order valence-corrected chi connectivity index (χ3v) is 7.19. The van der Waals surface area contributed by atoms with E-state index in [-0.39, 0.29) is 23.7 Å². The van der Waals surface area contributed by atoms with Gasteiger partial charge in [0, 0.05) is 39.1 Å². The molecule has 184 valence electrons. The number of likely N-dealkylation sites (tertiary alicyclic amines) is 1. The summed E-state index contributed by atoms with van der Waals surface area (Å²) in [6, 6.07) is 6.23.